The summed E-state index contributed by atoms with van der Waals surface area (Å²) in [6.07, 6.45) is 8.86. The lowest BCUT2D eigenvalue weighted by molar-refractivity contribution is 0.609. The molecule has 0 aliphatic heterocycles. The van der Waals surface area contributed by atoms with E-state index in [9.17, 15) is 0 Å². The Bertz CT molecular complexity index is 1180. The number of hydrogen-bond acceptors (Lipinski definition) is 0. The van der Waals surface area contributed by atoms with E-state index in [4.69, 9.17) is 0 Å². The van der Waals surface area contributed by atoms with Crippen molar-refractivity contribution in [3.8, 4) is 5.69 Å². The van der Waals surface area contributed by atoms with Gasteiger partial charge in [-0.3, -0.25) is 0 Å². The van der Waals surface area contributed by atoms with Gasteiger partial charge in [0, 0.05) is 22.4 Å². The molecule has 1 aromatic heterocycles. The molecule has 1 heteroatoms. The van der Waals surface area contributed by atoms with Gasteiger partial charge in [0.1, 0.15) is 0 Å². The Hall–Kier alpha value is -3.32. The zero-order valence-electron chi connectivity index (χ0n) is 16.0. The van der Waals surface area contributed by atoms with Gasteiger partial charge in [0.2, 0.25) is 0 Å². The third-order valence-corrected chi connectivity index (χ3v) is 5.86. The highest BCUT2D eigenvalue weighted by atomic mass is 15.0. The SMILES string of the molecule is C=CC1C=CC(c2ccc(-n3c4ccccc4c4ccccc43)cc2)=CC1C. The van der Waals surface area contributed by atoms with Crippen molar-refractivity contribution < 1.29 is 0 Å². The van der Waals surface area contributed by atoms with Gasteiger partial charge < -0.3 is 4.57 Å². The molecule has 0 spiro atoms. The first-order valence-corrected chi connectivity index (χ1v) is 9.88. The highest BCUT2D eigenvalue weighted by molar-refractivity contribution is 6.09. The van der Waals surface area contributed by atoms with Crippen molar-refractivity contribution in [2.75, 3.05) is 0 Å². The minimum absolute atomic E-state index is 0.431. The second kappa shape index (κ2) is 6.69. The van der Waals surface area contributed by atoms with Crippen LogP contribution in [0.1, 0.15) is 12.5 Å². The molecule has 0 N–H and O–H groups in total. The predicted octanol–water partition coefficient (Wildman–Crippen LogP) is 7.18. The molecule has 1 nitrogen and oxygen atoms in total. The van der Waals surface area contributed by atoms with E-state index < -0.39 is 0 Å². The van der Waals surface area contributed by atoms with Crippen molar-refractivity contribution in [3.05, 3.63) is 109 Å². The smallest absolute Gasteiger partial charge is 0.0541 e. The predicted molar refractivity (Wildman–Crippen MR) is 121 cm³/mol. The van der Waals surface area contributed by atoms with Crippen molar-refractivity contribution >= 4 is 27.4 Å². The lowest BCUT2D eigenvalue weighted by Crippen LogP contribution is -2.07. The Morgan fingerprint density at radius 3 is 2.00 bits per heavy atom. The number of benzene rings is 3. The van der Waals surface area contributed by atoms with Crippen LogP contribution in [0.4, 0.5) is 0 Å². The summed E-state index contributed by atoms with van der Waals surface area (Å²) < 4.78 is 2.36. The van der Waals surface area contributed by atoms with Gasteiger partial charge in [-0.25, -0.2) is 0 Å². The van der Waals surface area contributed by atoms with Crippen LogP contribution in [0, 0.1) is 11.8 Å². The molecule has 0 fully saturated rings. The molecular formula is C27H23N. The van der Waals surface area contributed by atoms with Crippen LogP contribution in [0.3, 0.4) is 0 Å². The van der Waals surface area contributed by atoms with E-state index in [2.05, 4.69) is 109 Å². The average Bonchev–Trinajstić information content (AvgIpc) is 3.08. The van der Waals surface area contributed by atoms with Crippen LogP contribution in [-0.2, 0) is 0 Å². The Labute approximate surface area is 165 Å². The van der Waals surface area contributed by atoms with Crippen LogP contribution < -0.4 is 0 Å². The van der Waals surface area contributed by atoms with Gasteiger partial charge in [-0.2, -0.15) is 0 Å². The van der Waals surface area contributed by atoms with Gasteiger partial charge in [0.15, 0.2) is 0 Å². The summed E-state index contributed by atoms with van der Waals surface area (Å²) in [5.74, 6) is 0.912. The molecule has 1 aliphatic rings. The van der Waals surface area contributed by atoms with Crippen molar-refractivity contribution in [3.63, 3.8) is 0 Å². The maximum absolute atomic E-state index is 3.94. The lowest BCUT2D eigenvalue weighted by atomic mass is 9.85. The number of nitrogens with zero attached hydrogens (tertiary/aromatic N) is 1. The Kier molecular flexibility index (Phi) is 4.02. The van der Waals surface area contributed by atoms with E-state index in [0.717, 1.165) is 0 Å². The molecule has 1 aliphatic carbocycles. The van der Waals surface area contributed by atoms with Crippen LogP contribution in [0.25, 0.3) is 33.1 Å². The molecule has 28 heavy (non-hydrogen) atoms. The third kappa shape index (κ3) is 2.63. The van der Waals surface area contributed by atoms with Crippen LogP contribution in [0.5, 0.6) is 0 Å². The van der Waals surface area contributed by atoms with E-state index in [1.807, 2.05) is 6.08 Å². The van der Waals surface area contributed by atoms with Gasteiger partial charge in [-0.05, 0) is 41.3 Å². The molecule has 0 bridgehead atoms. The van der Waals surface area contributed by atoms with Gasteiger partial charge >= 0.3 is 0 Å². The second-order valence-electron chi connectivity index (χ2n) is 7.57. The first kappa shape index (κ1) is 16.8. The maximum atomic E-state index is 3.94. The van der Waals surface area contributed by atoms with Gasteiger partial charge in [0.05, 0.1) is 11.0 Å². The van der Waals surface area contributed by atoms with E-state index >= 15 is 0 Å². The topological polar surface area (TPSA) is 4.93 Å². The van der Waals surface area contributed by atoms with Crippen LogP contribution in [0.2, 0.25) is 0 Å². The number of hydrogen-bond donors (Lipinski definition) is 0. The molecule has 5 rings (SSSR count). The minimum atomic E-state index is 0.431. The van der Waals surface area contributed by atoms with E-state index in [1.165, 1.54) is 38.6 Å². The fourth-order valence-electron chi connectivity index (χ4n) is 4.33. The standard InChI is InChI=1S/C27H23N/c1-3-20-12-13-22(18-19(20)2)21-14-16-23(17-15-21)28-26-10-6-4-8-24(26)25-9-5-7-11-27(25)28/h3-20H,1H2,2H3. The molecule has 2 atom stereocenters. The fourth-order valence-corrected chi connectivity index (χ4v) is 4.33. The summed E-state index contributed by atoms with van der Waals surface area (Å²) in [5, 5.41) is 2.59. The van der Waals surface area contributed by atoms with Crippen molar-refractivity contribution in [1.29, 1.82) is 0 Å². The highest BCUT2D eigenvalue weighted by Crippen LogP contribution is 2.33. The summed E-state index contributed by atoms with van der Waals surface area (Å²) in [7, 11) is 0. The minimum Gasteiger partial charge on any atom is -0.309 e. The van der Waals surface area contributed by atoms with Gasteiger partial charge in [-0.1, -0.05) is 79.8 Å². The first-order valence-electron chi connectivity index (χ1n) is 9.88. The molecule has 1 heterocycles. The Morgan fingerprint density at radius 2 is 1.43 bits per heavy atom. The number of rotatable bonds is 3. The molecular weight excluding hydrogens is 338 g/mol. The summed E-state index contributed by atoms with van der Waals surface area (Å²) in [5.41, 5.74) is 6.24. The van der Waals surface area contributed by atoms with E-state index in [1.54, 1.807) is 0 Å². The Balaban J connectivity index is 1.60. The molecule has 0 saturated carbocycles. The average molecular weight is 361 g/mol. The highest BCUT2D eigenvalue weighted by Gasteiger charge is 2.15. The summed E-state index contributed by atoms with van der Waals surface area (Å²) in [6, 6.07) is 26.2. The molecule has 2 unspecified atom stereocenters. The summed E-state index contributed by atoms with van der Waals surface area (Å²) in [4.78, 5) is 0. The maximum Gasteiger partial charge on any atom is 0.0541 e. The third-order valence-electron chi connectivity index (χ3n) is 5.86. The van der Waals surface area contributed by atoms with Crippen LogP contribution >= 0.6 is 0 Å². The van der Waals surface area contributed by atoms with Crippen molar-refractivity contribution in [2.45, 2.75) is 6.92 Å². The molecule has 4 aromatic rings. The first-order chi connectivity index (χ1) is 13.8. The zero-order valence-corrected chi connectivity index (χ0v) is 16.0. The number of fused-ring (bicyclic) bond motifs is 3. The molecule has 0 saturated heterocycles. The number of para-hydroxylation sites is 2. The molecule has 0 radical (unpaired) electrons. The fraction of sp³-hybridized carbons (Fsp3) is 0.111. The van der Waals surface area contributed by atoms with Gasteiger partial charge in [0.25, 0.3) is 0 Å². The quantitative estimate of drug-likeness (QED) is 0.341. The Morgan fingerprint density at radius 1 is 0.821 bits per heavy atom. The molecule has 0 amide bonds. The second-order valence-corrected chi connectivity index (χ2v) is 7.57. The summed E-state index contributed by atoms with van der Waals surface area (Å²) in [6.45, 7) is 6.19. The summed E-state index contributed by atoms with van der Waals surface area (Å²) >= 11 is 0. The van der Waals surface area contributed by atoms with E-state index in [-0.39, 0.29) is 0 Å². The van der Waals surface area contributed by atoms with Gasteiger partial charge in [-0.15, -0.1) is 6.58 Å². The number of aromatic nitrogens is 1. The molecule has 3 aromatic carbocycles. The molecule has 136 valence electrons. The van der Waals surface area contributed by atoms with Crippen LogP contribution in [0.15, 0.2) is 104 Å². The lowest BCUT2D eigenvalue weighted by Gasteiger charge is -2.20. The largest absolute Gasteiger partial charge is 0.309 e. The van der Waals surface area contributed by atoms with Crippen molar-refractivity contribution in [1.82, 2.24) is 4.57 Å². The van der Waals surface area contributed by atoms with Crippen LogP contribution in [-0.4, -0.2) is 4.57 Å². The van der Waals surface area contributed by atoms with Crippen molar-refractivity contribution in [2.24, 2.45) is 11.8 Å². The van der Waals surface area contributed by atoms with E-state index in [0.29, 0.717) is 11.8 Å². The number of allylic oxidation sites excluding steroid dienone is 5. The normalized spacial score (nSPS) is 19.1. The monoisotopic (exact) mass is 361 g/mol. The zero-order chi connectivity index (χ0) is 19.1.